The highest BCUT2D eigenvalue weighted by atomic mass is 79.9. The number of para-hydroxylation sites is 8. The quantitative estimate of drug-likeness (QED) is 0.194. The first kappa shape index (κ1) is 33.4. The molecule has 7 heteroatoms. The molecular weight excluding hydrogens is 720 g/mol. The van der Waals surface area contributed by atoms with Gasteiger partial charge >= 0.3 is 0 Å². The van der Waals surface area contributed by atoms with Crippen LogP contribution in [0.25, 0.3) is 22.5 Å². The van der Waals surface area contributed by atoms with Crippen molar-refractivity contribution in [3.05, 3.63) is 199 Å². The molecule has 256 valence electrons. The van der Waals surface area contributed by atoms with E-state index in [-0.39, 0.29) is 0 Å². The van der Waals surface area contributed by atoms with Crippen LogP contribution in [0.1, 0.15) is 0 Å². The molecule has 0 aliphatic carbocycles. The summed E-state index contributed by atoms with van der Waals surface area (Å²) in [4.78, 5) is 11.2. The number of halogens is 1. The lowest BCUT2D eigenvalue weighted by atomic mass is 10.1. The molecule has 8 aromatic rings. The smallest absolute Gasteiger partial charge is 0.151 e. The van der Waals surface area contributed by atoms with Gasteiger partial charge in [-0.25, -0.2) is 0 Å². The molecule has 2 aliphatic rings. The Balaban J connectivity index is 0.000000125. The summed E-state index contributed by atoms with van der Waals surface area (Å²) in [6, 6.07) is 60.5. The number of ether oxygens (including phenoxy) is 2. The summed E-state index contributed by atoms with van der Waals surface area (Å²) in [5, 5.41) is 3.32. The third kappa shape index (κ3) is 7.66. The molecule has 2 aliphatic heterocycles. The zero-order chi connectivity index (χ0) is 35.8. The molecule has 0 radical (unpaired) electrons. The van der Waals surface area contributed by atoms with E-state index in [9.17, 15) is 0 Å². The van der Waals surface area contributed by atoms with Gasteiger partial charge in [0.1, 0.15) is 0 Å². The van der Waals surface area contributed by atoms with E-state index in [1.165, 1.54) is 0 Å². The minimum Gasteiger partial charge on any atom is -0.453 e. The van der Waals surface area contributed by atoms with Gasteiger partial charge in [0.2, 0.25) is 0 Å². The largest absolute Gasteiger partial charge is 0.453 e. The van der Waals surface area contributed by atoms with E-state index in [4.69, 9.17) is 9.47 Å². The SMILES string of the molecule is Brc1ccc(-c2ccccc2)nc1.c1ccc(-c2ccc(N3c4ccccc4Oc4ccccc43)cn2)cc1.c1ccc2c(c1)Nc1ccccc1O2. The van der Waals surface area contributed by atoms with Crippen molar-refractivity contribution in [1.82, 2.24) is 9.97 Å². The minimum atomic E-state index is 0.846. The zero-order valence-electron chi connectivity index (χ0n) is 28.5. The molecule has 6 nitrogen and oxygen atoms in total. The average molecular weight is 754 g/mol. The van der Waals surface area contributed by atoms with Crippen LogP contribution in [0.5, 0.6) is 23.0 Å². The third-order valence-electron chi connectivity index (χ3n) is 8.57. The van der Waals surface area contributed by atoms with E-state index in [0.717, 1.165) is 78.4 Å². The summed E-state index contributed by atoms with van der Waals surface area (Å²) in [5.41, 5.74) is 9.30. The molecule has 0 unspecified atom stereocenters. The van der Waals surface area contributed by atoms with Gasteiger partial charge in [-0.3, -0.25) is 9.97 Å². The van der Waals surface area contributed by atoms with Crippen LogP contribution in [0.15, 0.2) is 199 Å². The van der Waals surface area contributed by atoms with Gasteiger partial charge in [-0.2, -0.15) is 0 Å². The van der Waals surface area contributed by atoms with Crippen molar-refractivity contribution in [3.63, 3.8) is 0 Å². The van der Waals surface area contributed by atoms with E-state index in [0.29, 0.717) is 0 Å². The van der Waals surface area contributed by atoms with Crippen LogP contribution in [0.3, 0.4) is 0 Å². The molecule has 53 heavy (non-hydrogen) atoms. The fourth-order valence-corrected chi connectivity index (χ4v) is 6.25. The minimum absolute atomic E-state index is 0.846. The molecule has 0 fully saturated rings. The van der Waals surface area contributed by atoms with E-state index in [1.54, 1.807) is 0 Å². The summed E-state index contributed by atoms with van der Waals surface area (Å²) in [5.74, 6) is 3.45. The van der Waals surface area contributed by atoms with Gasteiger partial charge in [0.05, 0.1) is 46.0 Å². The second kappa shape index (κ2) is 15.7. The van der Waals surface area contributed by atoms with Crippen LogP contribution >= 0.6 is 15.9 Å². The highest BCUT2D eigenvalue weighted by molar-refractivity contribution is 9.10. The monoisotopic (exact) mass is 752 g/mol. The number of nitrogens with zero attached hydrogens (tertiary/aromatic N) is 3. The fourth-order valence-electron chi connectivity index (χ4n) is 6.02. The Hall–Kier alpha value is -6.70. The summed E-state index contributed by atoms with van der Waals surface area (Å²) in [6.45, 7) is 0. The topological polar surface area (TPSA) is 59.5 Å². The maximum absolute atomic E-state index is 6.06. The first-order valence-corrected chi connectivity index (χ1v) is 18.0. The van der Waals surface area contributed by atoms with Crippen molar-refractivity contribution in [3.8, 4) is 45.5 Å². The first-order valence-electron chi connectivity index (χ1n) is 17.2. The fraction of sp³-hybridized carbons (Fsp3) is 0. The van der Waals surface area contributed by atoms with Gasteiger partial charge in [-0.15, -0.1) is 0 Å². The van der Waals surface area contributed by atoms with Crippen LogP contribution in [0, 0.1) is 0 Å². The summed E-state index contributed by atoms with van der Waals surface area (Å²) in [6.07, 6.45) is 3.73. The van der Waals surface area contributed by atoms with Crippen molar-refractivity contribution in [2.75, 3.05) is 10.2 Å². The molecule has 0 amide bonds. The molecular formula is C46H33BrN4O2. The molecule has 0 spiro atoms. The Bertz CT molecular complexity index is 2310. The maximum atomic E-state index is 6.06. The Morgan fingerprint density at radius 1 is 0.415 bits per heavy atom. The molecule has 4 heterocycles. The van der Waals surface area contributed by atoms with Crippen LogP contribution in [-0.4, -0.2) is 9.97 Å². The standard InChI is InChI=1S/C23H16N2O.C12H9NO.C11H8BrN/c1-2-8-17(9-3-1)19-15-14-18(16-24-19)25-20-10-4-6-12-22(20)26-23-13-7-5-11-21(23)25;1-3-7-11-9(5-1)13-10-6-2-4-8-12(10)14-11;12-10-6-7-11(13-8-10)9-4-2-1-3-5-9/h1-16H;1-8,13H;1-8H. The molecule has 0 saturated carbocycles. The van der Waals surface area contributed by atoms with Gasteiger partial charge < -0.3 is 19.7 Å². The molecule has 0 saturated heterocycles. The molecule has 6 aromatic carbocycles. The lowest BCUT2D eigenvalue weighted by molar-refractivity contribution is 0.477. The van der Waals surface area contributed by atoms with Gasteiger partial charge in [-0.05, 0) is 88.7 Å². The van der Waals surface area contributed by atoms with Gasteiger partial charge in [0.25, 0.3) is 0 Å². The zero-order valence-corrected chi connectivity index (χ0v) is 30.1. The molecule has 0 bridgehead atoms. The maximum Gasteiger partial charge on any atom is 0.151 e. The normalized spacial score (nSPS) is 11.5. The first-order chi connectivity index (χ1) is 26.2. The van der Waals surface area contributed by atoms with Gasteiger partial charge in [-0.1, -0.05) is 109 Å². The van der Waals surface area contributed by atoms with Gasteiger partial charge in [0.15, 0.2) is 23.0 Å². The van der Waals surface area contributed by atoms with Crippen molar-refractivity contribution >= 4 is 44.4 Å². The van der Waals surface area contributed by atoms with E-state index in [2.05, 4.69) is 84.6 Å². The summed E-state index contributed by atoms with van der Waals surface area (Å²) >= 11 is 3.36. The number of fused-ring (bicyclic) bond motifs is 4. The Morgan fingerprint density at radius 2 is 0.849 bits per heavy atom. The number of benzene rings is 6. The number of anilines is 5. The van der Waals surface area contributed by atoms with E-state index in [1.807, 2.05) is 146 Å². The molecule has 10 rings (SSSR count). The number of aromatic nitrogens is 2. The predicted octanol–water partition coefficient (Wildman–Crippen LogP) is 13.4. The molecule has 0 atom stereocenters. The number of pyridine rings is 2. The molecule has 2 aromatic heterocycles. The highest BCUT2D eigenvalue weighted by Crippen LogP contribution is 2.50. The van der Waals surface area contributed by atoms with Crippen LogP contribution in [0.2, 0.25) is 0 Å². The van der Waals surface area contributed by atoms with Crippen molar-refractivity contribution in [1.29, 1.82) is 0 Å². The predicted molar refractivity (Wildman–Crippen MR) is 218 cm³/mol. The van der Waals surface area contributed by atoms with Crippen LogP contribution < -0.4 is 19.7 Å². The Morgan fingerprint density at radius 3 is 1.34 bits per heavy atom. The molecule has 1 N–H and O–H groups in total. The van der Waals surface area contributed by atoms with Crippen LogP contribution in [0.4, 0.5) is 28.4 Å². The number of nitrogens with one attached hydrogen (secondary N) is 1. The summed E-state index contributed by atoms with van der Waals surface area (Å²) in [7, 11) is 0. The lowest BCUT2D eigenvalue weighted by Crippen LogP contribution is -2.15. The third-order valence-corrected chi connectivity index (χ3v) is 9.04. The average Bonchev–Trinajstić information content (AvgIpc) is 3.23. The Labute approximate surface area is 317 Å². The number of hydrogen-bond acceptors (Lipinski definition) is 6. The number of hydrogen-bond donors (Lipinski definition) is 1. The summed E-state index contributed by atoms with van der Waals surface area (Å²) < 4.78 is 12.8. The van der Waals surface area contributed by atoms with Crippen molar-refractivity contribution < 1.29 is 9.47 Å². The highest BCUT2D eigenvalue weighted by Gasteiger charge is 2.25. The Kier molecular flexibility index (Phi) is 9.89. The van der Waals surface area contributed by atoms with Crippen molar-refractivity contribution in [2.45, 2.75) is 0 Å². The lowest BCUT2D eigenvalue weighted by Gasteiger charge is -2.32. The van der Waals surface area contributed by atoms with Gasteiger partial charge in [0, 0.05) is 21.8 Å². The van der Waals surface area contributed by atoms with Crippen molar-refractivity contribution in [2.24, 2.45) is 0 Å². The second-order valence-corrected chi connectivity index (χ2v) is 13.0. The van der Waals surface area contributed by atoms with E-state index < -0.39 is 0 Å². The van der Waals surface area contributed by atoms with Crippen LogP contribution in [-0.2, 0) is 0 Å². The second-order valence-electron chi connectivity index (χ2n) is 12.1. The van der Waals surface area contributed by atoms with E-state index >= 15 is 0 Å². The number of rotatable bonds is 3.